The van der Waals surface area contributed by atoms with Crippen molar-refractivity contribution in [2.24, 2.45) is 5.73 Å². The number of carboxylic acid groups (broad SMARTS) is 1. The van der Waals surface area contributed by atoms with Crippen LogP contribution < -0.4 is 35.0 Å². The summed E-state index contributed by atoms with van der Waals surface area (Å²) in [5.74, 6) is -1.26. The smallest absolute Gasteiger partial charge is 0.543 e. The predicted octanol–water partition coefficient (Wildman–Crippen LogP) is -3.37. The van der Waals surface area contributed by atoms with Crippen molar-refractivity contribution in [1.29, 1.82) is 0 Å². The molecule has 150 valence electrons. The number of nitrogens with one attached hydrogen (secondary N) is 1. The van der Waals surface area contributed by atoms with Crippen molar-refractivity contribution < 1.29 is 33.9 Å². The Labute approximate surface area is 182 Å². The topological polar surface area (TPSA) is 129 Å². The first-order chi connectivity index (χ1) is 13.5. The Morgan fingerprint density at radius 2 is 2.10 bits per heavy atom. The molecule has 29 heavy (non-hydrogen) atoms. The van der Waals surface area contributed by atoms with Crippen molar-refractivity contribution in [3.05, 3.63) is 35.3 Å². The Hall–Kier alpha value is -1.69. The number of nitrogens with two attached hydrogens (primary N) is 1. The number of nitrogens with zero attached hydrogens (tertiary/aromatic N) is 3. The average molecular weight is 391 g/mol. The van der Waals surface area contributed by atoms with Gasteiger partial charge in [0.2, 0.25) is 0 Å². The van der Waals surface area contributed by atoms with Crippen LogP contribution in [0.15, 0.2) is 18.5 Å². The molecule has 2 heterocycles. The Kier molecular flexibility index (Phi) is 7.14. The van der Waals surface area contributed by atoms with Crippen LogP contribution in [0.2, 0.25) is 0 Å². The summed E-state index contributed by atoms with van der Waals surface area (Å²) in [5.41, 5.74) is 9.30. The van der Waals surface area contributed by atoms with Crippen molar-refractivity contribution in [2.75, 3.05) is 6.54 Å². The second-order valence-corrected chi connectivity index (χ2v) is 7.85. The quantitative estimate of drug-likeness (QED) is 0.439. The average Bonchev–Trinajstić information content (AvgIpc) is 3.06. The number of hydrogen-bond donors (Lipinski definition) is 3. The first kappa shape index (κ1) is 22.0. The number of carboxylic acids is 1. The first-order valence-corrected chi connectivity index (χ1v) is 9.94. The van der Waals surface area contributed by atoms with Gasteiger partial charge < -0.3 is 26.1 Å². The number of carbonyl (C=O) groups is 1. The second kappa shape index (κ2) is 9.41. The van der Waals surface area contributed by atoms with Crippen molar-refractivity contribution in [3.63, 3.8) is 0 Å². The maximum atomic E-state index is 11.8. The number of aliphatic hydroxyl groups excluding tert-OH is 1. The fraction of sp³-hybridized carbons (Fsp3) is 0.550. The molecule has 9 heteroatoms. The van der Waals surface area contributed by atoms with Gasteiger partial charge >= 0.3 is 18.9 Å². The second-order valence-electron chi connectivity index (χ2n) is 7.85. The molecule has 1 atom stereocenters. The minimum atomic E-state index is -1.26. The summed E-state index contributed by atoms with van der Waals surface area (Å²) in [4.78, 5) is 15.9. The summed E-state index contributed by atoms with van der Waals surface area (Å²) < 4.78 is 1.39. The van der Waals surface area contributed by atoms with Gasteiger partial charge in [0.05, 0.1) is 30.0 Å². The molecule has 1 saturated carbocycles. The zero-order chi connectivity index (χ0) is 19.7. The summed E-state index contributed by atoms with van der Waals surface area (Å²) in [5, 5.41) is 30.2. The van der Waals surface area contributed by atoms with Crippen LogP contribution in [-0.4, -0.2) is 50.6 Å². The van der Waals surface area contributed by atoms with Gasteiger partial charge in [-0.15, -0.1) is 0 Å². The number of carbonyl (C=O) groups excluding carboxylic acids is 1. The molecule has 0 aromatic carbocycles. The monoisotopic (exact) mass is 391 g/mol. The van der Waals surface area contributed by atoms with Gasteiger partial charge in [0, 0.05) is 42.1 Å². The minimum absolute atomic E-state index is 0. The van der Waals surface area contributed by atoms with Gasteiger partial charge in [-0.3, -0.25) is 9.67 Å². The van der Waals surface area contributed by atoms with Crippen molar-refractivity contribution in [3.8, 4) is 11.3 Å². The van der Waals surface area contributed by atoms with Crippen LogP contribution in [0.3, 0.4) is 0 Å². The fourth-order valence-electron chi connectivity index (χ4n) is 4.32. The van der Waals surface area contributed by atoms with Crippen LogP contribution in [0, 0.1) is 0 Å². The molecule has 8 nitrogen and oxygen atoms in total. The summed E-state index contributed by atoms with van der Waals surface area (Å²) in [6, 6.07) is 2.48. The van der Waals surface area contributed by atoms with E-state index in [1.54, 1.807) is 12.4 Å². The Morgan fingerprint density at radius 3 is 2.83 bits per heavy atom. The molecule has 2 aromatic heterocycles. The van der Waals surface area contributed by atoms with Gasteiger partial charge in [-0.25, -0.2) is 0 Å². The number of aryl methyl sites for hydroxylation is 1. The molecule has 0 spiro atoms. The van der Waals surface area contributed by atoms with E-state index in [4.69, 9.17) is 5.73 Å². The third-order valence-electron chi connectivity index (χ3n) is 5.84. The summed E-state index contributed by atoms with van der Waals surface area (Å²) in [6.07, 6.45) is 8.01. The molecule has 0 aliphatic heterocycles. The number of aliphatic hydroxyl groups is 1. The summed E-state index contributed by atoms with van der Waals surface area (Å²) in [6.45, 7) is 0.493. The molecule has 1 fully saturated rings. The third kappa shape index (κ3) is 4.73. The molecule has 4 N–H and O–H groups in total. The van der Waals surface area contributed by atoms with Crippen LogP contribution >= 0.6 is 0 Å². The van der Waals surface area contributed by atoms with Crippen molar-refractivity contribution >= 4 is 5.97 Å². The SMILES string of the molecule is NC1CCC(NCC(O)Cn2nc3c(c2C(=O)[O-])CCc2cnccc2-3)CC1.[Li+]. The van der Waals surface area contributed by atoms with Gasteiger partial charge in [0.25, 0.3) is 0 Å². The van der Waals surface area contributed by atoms with E-state index in [0.29, 0.717) is 30.3 Å². The molecule has 4 rings (SSSR count). The number of hydrogen-bond acceptors (Lipinski definition) is 7. The largest absolute Gasteiger partial charge is 1.00 e. The maximum absolute atomic E-state index is 11.8. The molecule has 0 bridgehead atoms. The summed E-state index contributed by atoms with van der Waals surface area (Å²) in [7, 11) is 0. The zero-order valence-corrected chi connectivity index (χ0v) is 16.8. The van der Waals surface area contributed by atoms with Crippen LogP contribution in [0.5, 0.6) is 0 Å². The van der Waals surface area contributed by atoms with Crippen LogP contribution in [0.4, 0.5) is 0 Å². The van der Waals surface area contributed by atoms with E-state index in [9.17, 15) is 15.0 Å². The van der Waals surface area contributed by atoms with Crippen LogP contribution in [0.1, 0.15) is 47.3 Å². The maximum Gasteiger partial charge on any atom is 1.00 e. The van der Waals surface area contributed by atoms with Crippen LogP contribution in [-0.2, 0) is 19.4 Å². The number of rotatable bonds is 6. The first-order valence-electron chi connectivity index (χ1n) is 9.94. The molecule has 2 aromatic rings. The van der Waals surface area contributed by atoms with Gasteiger partial charge in [0.15, 0.2) is 0 Å². The Morgan fingerprint density at radius 1 is 1.34 bits per heavy atom. The molecule has 0 radical (unpaired) electrons. The molecule has 0 amide bonds. The van der Waals surface area contributed by atoms with E-state index in [2.05, 4.69) is 15.4 Å². The van der Waals surface area contributed by atoms with Gasteiger partial charge in [0.1, 0.15) is 0 Å². The minimum Gasteiger partial charge on any atom is -0.543 e. The molecular formula is C20H26LiN5O3. The Balaban J connectivity index is 0.00000240. The molecular weight excluding hydrogens is 365 g/mol. The van der Waals surface area contributed by atoms with Gasteiger partial charge in [-0.05, 0) is 50.2 Å². The summed E-state index contributed by atoms with van der Waals surface area (Å²) >= 11 is 0. The molecule has 1 unspecified atom stereocenters. The predicted molar refractivity (Wildman–Crippen MR) is 101 cm³/mol. The zero-order valence-electron chi connectivity index (χ0n) is 16.8. The normalized spacial score (nSPS) is 21.6. The standard InChI is InChI=1S/C20H27N5O3.Li/c21-13-2-4-14(5-3-13)23-10-15(26)11-25-19(20(27)28)17-6-1-12-9-22-8-7-16(12)18(17)24-25;/h7-9,13-15,23,26H,1-6,10-11,21H2,(H,27,28);/q;+1/p-1. The van der Waals surface area contributed by atoms with E-state index in [-0.39, 0.29) is 37.1 Å². The molecule has 0 saturated heterocycles. The van der Waals surface area contributed by atoms with E-state index >= 15 is 0 Å². The number of fused-ring (bicyclic) bond motifs is 3. The van der Waals surface area contributed by atoms with Crippen molar-refractivity contribution in [2.45, 2.75) is 63.3 Å². The number of pyridine rings is 1. The van der Waals surface area contributed by atoms with E-state index in [1.807, 2.05) is 6.07 Å². The molecule has 2 aliphatic carbocycles. The van der Waals surface area contributed by atoms with E-state index in [1.165, 1.54) is 4.68 Å². The number of aromatic nitrogens is 3. The number of aromatic carboxylic acids is 1. The van der Waals surface area contributed by atoms with E-state index in [0.717, 1.165) is 43.2 Å². The van der Waals surface area contributed by atoms with E-state index < -0.39 is 12.1 Å². The van der Waals surface area contributed by atoms with Crippen LogP contribution in [0.25, 0.3) is 11.3 Å². The fourth-order valence-corrected chi connectivity index (χ4v) is 4.32. The van der Waals surface area contributed by atoms with Gasteiger partial charge in [-0.2, -0.15) is 5.10 Å². The molecule has 2 aliphatic rings. The van der Waals surface area contributed by atoms with Crippen molar-refractivity contribution in [1.82, 2.24) is 20.1 Å². The third-order valence-corrected chi connectivity index (χ3v) is 5.84. The van der Waals surface area contributed by atoms with Gasteiger partial charge in [-0.1, -0.05) is 0 Å². The Bertz CT molecular complexity index is 864.